The van der Waals surface area contributed by atoms with Gasteiger partial charge in [-0.05, 0) is 31.9 Å². The first-order valence-electron chi connectivity index (χ1n) is 6.24. The van der Waals surface area contributed by atoms with Gasteiger partial charge < -0.3 is 10.6 Å². The van der Waals surface area contributed by atoms with Crippen LogP contribution in [0.25, 0.3) is 0 Å². The van der Waals surface area contributed by atoms with Gasteiger partial charge in [0.25, 0.3) is 5.91 Å². The quantitative estimate of drug-likeness (QED) is 0.795. The fraction of sp³-hybridized carbons (Fsp3) is 0.538. The number of hydrogen-bond acceptors (Lipinski definition) is 3. The molecule has 1 rings (SSSR count). The van der Waals surface area contributed by atoms with E-state index in [1.165, 1.54) is 0 Å². The lowest BCUT2D eigenvalue weighted by atomic mass is 10.2. The van der Waals surface area contributed by atoms with Crippen molar-refractivity contribution in [3.8, 4) is 0 Å². The van der Waals surface area contributed by atoms with Crippen molar-refractivity contribution in [2.45, 2.75) is 33.6 Å². The Kier molecular flexibility index (Phi) is 5.46. The van der Waals surface area contributed by atoms with Crippen LogP contribution in [-0.2, 0) is 6.42 Å². The molecule has 4 nitrogen and oxygen atoms in total. The molecule has 0 saturated heterocycles. The average Bonchev–Trinajstić information content (AvgIpc) is 2.35. The molecular weight excluding hydrogens is 214 g/mol. The van der Waals surface area contributed by atoms with Gasteiger partial charge in [0, 0.05) is 24.3 Å². The van der Waals surface area contributed by atoms with Gasteiger partial charge >= 0.3 is 0 Å². The Morgan fingerprint density at radius 3 is 2.65 bits per heavy atom. The van der Waals surface area contributed by atoms with Crippen molar-refractivity contribution in [1.82, 2.24) is 10.3 Å². The summed E-state index contributed by atoms with van der Waals surface area (Å²) in [6.07, 6.45) is 1.77. The molecule has 1 aromatic rings. The minimum atomic E-state index is -0.0249. The molecule has 0 aromatic carbocycles. The fourth-order valence-electron chi connectivity index (χ4n) is 1.51. The van der Waals surface area contributed by atoms with Gasteiger partial charge in [-0.2, -0.15) is 0 Å². The molecule has 0 aliphatic heterocycles. The van der Waals surface area contributed by atoms with Gasteiger partial charge in [-0.25, -0.2) is 4.98 Å². The first-order chi connectivity index (χ1) is 8.21. The molecule has 4 heteroatoms. The predicted molar refractivity (Wildman–Crippen MR) is 70.4 cm³/mol. The largest absolute Gasteiger partial charge is 0.370 e. The monoisotopic (exact) mass is 235 g/mol. The molecule has 0 spiro atoms. The zero-order valence-corrected chi connectivity index (χ0v) is 10.8. The van der Waals surface area contributed by atoms with Crippen LogP contribution in [0.4, 0.5) is 5.82 Å². The number of nitrogens with one attached hydrogen (secondary N) is 2. The van der Waals surface area contributed by atoms with Crippen molar-refractivity contribution in [2.75, 3.05) is 18.4 Å². The maximum Gasteiger partial charge on any atom is 0.251 e. The maximum absolute atomic E-state index is 11.9. The Balaban J connectivity index is 2.89. The first kappa shape index (κ1) is 13.5. The van der Waals surface area contributed by atoms with E-state index in [0.29, 0.717) is 12.1 Å². The number of anilines is 1. The van der Waals surface area contributed by atoms with E-state index >= 15 is 0 Å². The summed E-state index contributed by atoms with van der Waals surface area (Å²) in [6, 6.07) is 3.65. The van der Waals surface area contributed by atoms with E-state index in [2.05, 4.69) is 15.6 Å². The number of aryl methyl sites for hydroxylation is 1. The highest BCUT2D eigenvalue weighted by atomic mass is 16.1. The Hall–Kier alpha value is -1.58. The molecule has 0 saturated carbocycles. The molecule has 94 valence electrons. The van der Waals surface area contributed by atoms with Crippen LogP contribution in [0.2, 0.25) is 0 Å². The number of carbonyl (C=O) groups is 1. The Morgan fingerprint density at radius 2 is 2.06 bits per heavy atom. The Labute approximate surface area is 103 Å². The lowest BCUT2D eigenvalue weighted by Crippen LogP contribution is -2.24. The van der Waals surface area contributed by atoms with E-state index in [0.717, 1.165) is 30.9 Å². The zero-order chi connectivity index (χ0) is 12.7. The van der Waals surface area contributed by atoms with Crippen molar-refractivity contribution in [1.29, 1.82) is 0 Å². The van der Waals surface area contributed by atoms with Gasteiger partial charge in [0.15, 0.2) is 0 Å². The fourth-order valence-corrected chi connectivity index (χ4v) is 1.51. The van der Waals surface area contributed by atoms with Crippen LogP contribution < -0.4 is 10.6 Å². The second-order valence-corrected chi connectivity index (χ2v) is 3.87. The Morgan fingerprint density at radius 1 is 1.29 bits per heavy atom. The lowest BCUT2D eigenvalue weighted by Gasteiger charge is -2.09. The molecule has 0 aliphatic rings. The average molecular weight is 235 g/mol. The van der Waals surface area contributed by atoms with E-state index in [1.807, 2.05) is 26.8 Å². The molecule has 17 heavy (non-hydrogen) atoms. The van der Waals surface area contributed by atoms with Crippen molar-refractivity contribution in [3.63, 3.8) is 0 Å². The van der Waals surface area contributed by atoms with Crippen LogP contribution in [-0.4, -0.2) is 24.0 Å². The number of amides is 1. The molecule has 1 aromatic heterocycles. The summed E-state index contributed by atoms with van der Waals surface area (Å²) in [7, 11) is 0. The van der Waals surface area contributed by atoms with E-state index in [1.54, 1.807) is 6.07 Å². The van der Waals surface area contributed by atoms with E-state index in [-0.39, 0.29) is 5.91 Å². The summed E-state index contributed by atoms with van der Waals surface area (Å²) < 4.78 is 0. The molecule has 1 heterocycles. The standard InChI is InChI=1S/C13H21N3O/c1-4-7-15-13(17)10-8-11(5-2)16-12(9-10)14-6-3/h8-9H,4-7H2,1-3H3,(H,14,16)(H,15,17). The zero-order valence-electron chi connectivity index (χ0n) is 10.8. The molecule has 0 aliphatic carbocycles. The van der Waals surface area contributed by atoms with Crippen LogP contribution in [0.3, 0.4) is 0 Å². The highest BCUT2D eigenvalue weighted by molar-refractivity contribution is 5.95. The van der Waals surface area contributed by atoms with E-state index < -0.39 is 0 Å². The van der Waals surface area contributed by atoms with Gasteiger partial charge in [0.05, 0.1) is 0 Å². The van der Waals surface area contributed by atoms with E-state index in [4.69, 9.17) is 0 Å². The normalized spacial score (nSPS) is 10.1. The van der Waals surface area contributed by atoms with Crippen LogP contribution in [0, 0.1) is 0 Å². The van der Waals surface area contributed by atoms with Gasteiger partial charge in [-0.3, -0.25) is 4.79 Å². The first-order valence-corrected chi connectivity index (χ1v) is 6.24. The number of aromatic nitrogens is 1. The van der Waals surface area contributed by atoms with Crippen molar-refractivity contribution >= 4 is 11.7 Å². The maximum atomic E-state index is 11.9. The second-order valence-electron chi connectivity index (χ2n) is 3.87. The summed E-state index contributed by atoms with van der Waals surface area (Å²) in [4.78, 5) is 16.3. The van der Waals surface area contributed by atoms with Crippen LogP contribution in [0.1, 0.15) is 43.2 Å². The minimum Gasteiger partial charge on any atom is -0.370 e. The molecule has 0 radical (unpaired) electrons. The SMILES string of the molecule is CCCNC(=O)c1cc(CC)nc(NCC)c1. The number of rotatable bonds is 6. The summed E-state index contributed by atoms with van der Waals surface area (Å²) in [5, 5.41) is 6.02. The van der Waals surface area contributed by atoms with Gasteiger partial charge in [0.1, 0.15) is 5.82 Å². The third kappa shape index (κ3) is 4.06. The second kappa shape index (κ2) is 6.89. The van der Waals surface area contributed by atoms with Crippen LogP contribution in [0.5, 0.6) is 0 Å². The van der Waals surface area contributed by atoms with Crippen LogP contribution >= 0.6 is 0 Å². The van der Waals surface area contributed by atoms with E-state index in [9.17, 15) is 4.79 Å². The Bertz CT molecular complexity index is 377. The minimum absolute atomic E-state index is 0.0249. The molecule has 0 bridgehead atoms. The van der Waals surface area contributed by atoms with Crippen molar-refractivity contribution in [3.05, 3.63) is 23.4 Å². The third-order valence-electron chi connectivity index (χ3n) is 2.40. The van der Waals surface area contributed by atoms with Gasteiger partial charge in [-0.15, -0.1) is 0 Å². The number of hydrogen-bond donors (Lipinski definition) is 2. The summed E-state index contributed by atoms with van der Waals surface area (Å²) in [6.45, 7) is 7.59. The lowest BCUT2D eigenvalue weighted by molar-refractivity contribution is 0.0953. The van der Waals surface area contributed by atoms with Gasteiger partial charge in [-0.1, -0.05) is 13.8 Å². The van der Waals surface area contributed by atoms with Crippen molar-refractivity contribution < 1.29 is 4.79 Å². The summed E-state index contributed by atoms with van der Waals surface area (Å²) in [5.74, 6) is 0.747. The van der Waals surface area contributed by atoms with Crippen LogP contribution in [0.15, 0.2) is 12.1 Å². The summed E-state index contributed by atoms with van der Waals surface area (Å²) in [5.41, 5.74) is 1.62. The third-order valence-corrected chi connectivity index (χ3v) is 2.40. The predicted octanol–water partition coefficient (Wildman–Crippen LogP) is 2.22. The van der Waals surface area contributed by atoms with Gasteiger partial charge in [0.2, 0.25) is 0 Å². The number of pyridine rings is 1. The number of nitrogens with zero attached hydrogens (tertiary/aromatic N) is 1. The highest BCUT2D eigenvalue weighted by Gasteiger charge is 2.08. The molecule has 0 unspecified atom stereocenters. The smallest absolute Gasteiger partial charge is 0.251 e. The summed E-state index contributed by atoms with van der Waals surface area (Å²) >= 11 is 0. The molecule has 1 amide bonds. The molecular formula is C13H21N3O. The van der Waals surface area contributed by atoms with Crippen molar-refractivity contribution in [2.24, 2.45) is 0 Å². The molecule has 0 atom stereocenters. The highest BCUT2D eigenvalue weighted by Crippen LogP contribution is 2.11. The molecule has 0 fully saturated rings. The molecule has 2 N–H and O–H groups in total. The number of carbonyl (C=O) groups excluding carboxylic acids is 1. The topological polar surface area (TPSA) is 54.0 Å².